The van der Waals surface area contributed by atoms with E-state index in [0.717, 1.165) is 11.3 Å². The summed E-state index contributed by atoms with van der Waals surface area (Å²) in [5.74, 6) is -0.917. The van der Waals surface area contributed by atoms with E-state index in [4.69, 9.17) is 5.11 Å². The predicted molar refractivity (Wildman–Crippen MR) is 67.7 cm³/mol. The molecule has 0 aliphatic heterocycles. The lowest BCUT2D eigenvalue weighted by Gasteiger charge is -2.27. The van der Waals surface area contributed by atoms with Gasteiger partial charge in [0.25, 0.3) is 0 Å². The highest BCUT2D eigenvalue weighted by Crippen LogP contribution is 2.19. The number of aryl methyl sites for hydroxylation is 1. The Hall–Kier alpha value is -1.55. The number of likely N-dealkylation sites (N-methyl/N-ethyl adjacent to an activating group) is 1. The number of benzene rings is 1. The molecule has 0 heterocycles. The molecular formula is C13H19NO3. The zero-order valence-electron chi connectivity index (χ0n) is 10.7. The molecule has 0 bridgehead atoms. The van der Waals surface area contributed by atoms with Crippen LogP contribution < -0.4 is 4.90 Å². The van der Waals surface area contributed by atoms with Crippen LogP contribution >= 0.6 is 0 Å². The number of hydrogen-bond acceptors (Lipinski definition) is 3. The van der Waals surface area contributed by atoms with Gasteiger partial charge in [-0.15, -0.1) is 0 Å². The van der Waals surface area contributed by atoms with E-state index in [0.29, 0.717) is 12.1 Å². The number of aromatic carboxylic acids is 1. The third kappa shape index (κ3) is 3.75. The van der Waals surface area contributed by atoms with Crippen molar-refractivity contribution >= 4 is 11.7 Å². The Labute approximate surface area is 101 Å². The number of carboxylic acids is 1. The molecule has 0 aliphatic carbocycles. The van der Waals surface area contributed by atoms with Gasteiger partial charge in [-0.25, -0.2) is 4.79 Å². The number of rotatable bonds is 4. The SMILES string of the molecule is Cc1cc(N(C)CC(C)(C)O)ccc1C(=O)O. The van der Waals surface area contributed by atoms with E-state index in [1.807, 2.05) is 18.0 Å². The summed E-state index contributed by atoms with van der Waals surface area (Å²) in [6.45, 7) is 5.73. The van der Waals surface area contributed by atoms with E-state index in [1.54, 1.807) is 32.9 Å². The quantitative estimate of drug-likeness (QED) is 0.839. The van der Waals surface area contributed by atoms with Crippen LogP contribution in [0, 0.1) is 6.92 Å². The minimum Gasteiger partial charge on any atom is -0.478 e. The van der Waals surface area contributed by atoms with Gasteiger partial charge in [-0.2, -0.15) is 0 Å². The van der Waals surface area contributed by atoms with E-state index >= 15 is 0 Å². The van der Waals surface area contributed by atoms with Gasteiger partial charge in [-0.1, -0.05) is 0 Å². The number of carboxylic acid groups (broad SMARTS) is 1. The van der Waals surface area contributed by atoms with Crippen molar-refractivity contribution in [3.8, 4) is 0 Å². The summed E-state index contributed by atoms with van der Waals surface area (Å²) in [6.07, 6.45) is 0. The molecule has 2 N–H and O–H groups in total. The van der Waals surface area contributed by atoms with Crippen molar-refractivity contribution in [2.45, 2.75) is 26.4 Å². The van der Waals surface area contributed by atoms with Crippen molar-refractivity contribution in [2.24, 2.45) is 0 Å². The standard InChI is InChI=1S/C13H19NO3/c1-9-7-10(5-6-11(9)12(15)16)14(4)8-13(2,3)17/h5-7,17H,8H2,1-4H3,(H,15,16). The van der Waals surface area contributed by atoms with Gasteiger partial charge < -0.3 is 15.1 Å². The fourth-order valence-electron chi connectivity index (χ4n) is 1.80. The highest BCUT2D eigenvalue weighted by Gasteiger charge is 2.16. The fraction of sp³-hybridized carbons (Fsp3) is 0.462. The molecule has 1 rings (SSSR count). The van der Waals surface area contributed by atoms with Crippen molar-refractivity contribution in [3.05, 3.63) is 29.3 Å². The Bertz CT molecular complexity index is 421. The summed E-state index contributed by atoms with van der Waals surface area (Å²) in [4.78, 5) is 12.8. The van der Waals surface area contributed by atoms with Crippen LogP contribution in [-0.2, 0) is 0 Å². The normalized spacial score (nSPS) is 11.4. The van der Waals surface area contributed by atoms with Crippen LogP contribution in [-0.4, -0.2) is 35.4 Å². The molecule has 0 saturated carbocycles. The summed E-state index contributed by atoms with van der Waals surface area (Å²) in [5.41, 5.74) is 1.14. The first kappa shape index (κ1) is 13.5. The first-order chi connectivity index (χ1) is 7.70. The molecule has 0 radical (unpaired) electrons. The Kier molecular flexibility index (Phi) is 3.78. The lowest BCUT2D eigenvalue weighted by molar-refractivity contribution is 0.0695. The highest BCUT2D eigenvalue weighted by atomic mass is 16.4. The molecule has 4 nitrogen and oxygen atoms in total. The van der Waals surface area contributed by atoms with Gasteiger partial charge in [0.2, 0.25) is 0 Å². The summed E-state index contributed by atoms with van der Waals surface area (Å²) < 4.78 is 0. The number of hydrogen-bond donors (Lipinski definition) is 2. The molecule has 0 spiro atoms. The summed E-state index contributed by atoms with van der Waals surface area (Å²) in [7, 11) is 1.87. The lowest BCUT2D eigenvalue weighted by atomic mass is 10.1. The second kappa shape index (κ2) is 4.75. The number of nitrogens with zero attached hydrogens (tertiary/aromatic N) is 1. The molecule has 0 amide bonds. The molecule has 0 aliphatic rings. The second-order valence-corrected chi connectivity index (χ2v) is 4.97. The molecule has 1 aromatic rings. The van der Waals surface area contributed by atoms with Crippen LogP contribution in [0.25, 0.3) is 0 Å². The monoisotopic (exact) mass is 237 g/mol. The Balaban J connectivity index is 2.94. The molecular weight excluding hydrogens is 218 g/mol. The first-order valence-electron chi connectivity index (χ1n) is 5.48. The van der Waals surface area contributed by atoms with Crippen molar-refractivity contribution in [1.29, 1.82) is 0 Å². The zero-order valence-corrected chi connectivity index (χ0v) is 10.7. The van der Waals surface area contributed by atoms with Crippen LogP contribution in [0.5, 0.6) is 0 Å². The van der Waals surface area contributed by atoms with Gasteiger partial charge in [0.05, 0.1) is 11.2 Å². The minimum absolute atomic E-state index is 0.311. The molecule has 0 fully saturated rings. The molecule has 1 aromatic carbocycles. The average Bonchev–Trinajstić information content (AvgIpc) is 2.14. The van der Waals surface area contributed by atoms with Crippen molar-refractivity contribution in [1.82, 2.24) is 0 Å². The maximum atomic E-state index is 10.9. The maximum absolute atomic E-state index is 10.9. The third-order valence-corrected chi connectivity index (χ3v) is 2.51. The molecule has 0 saturated heterocycles. The lowest BCUT2D eigenvalue weighted by Crippen LogP contribution is -2.36. The Morgan fingerprint density at radius 2 is 2.00 bits per heavy atom. The number of anilines is 1. The Morgan fingerprint density at radius 1 is 1.41 bits per heavy atom. The van der Waals surface area contributed by atoms with Gasteiger partial charge in [-0.3, -0.25) is 0 Å². The van der Waals surface area contributed by atoms with E-state index in [9.17, 15) is 9.90 Å². The van der Waals surface area contributed by atoms with E-state index in [-0.39, 0.29) is 0 Å². The van der Waals surface area contributed by atoms with Crippen molar-refractivity contribution in [2.75, 3.05) is 18.5 Å². The maximum Gasteiger partial charge on any atom is 0.335 e. The molecule has 0 unspecified atom stereocenters. The fourth-order valence-corrected chi connectivity index (χ4v) is 1.80. The molecule has 0 aromatic heterocycles. The van der Waals surface area contributed by atoms with Gasteiger partial charge in [0, 0.05) is 19.3 Å². The van der Waals surface area contributed by atoms with Crippen molar-refractivity contribution in [3.63, 3.8) is 0 Å². The van der Waals surface area contributed by atoms with E-state index < -0.39 is 11.6 Å². The predicted octanol–water partition coefficient (Wildman–Crippen LogP) is 1.90. The minimum atomic E-state index is -0.917. The summed E-state index contributed by atoms with van der Waals surface area (Å²) in [5, 5.41) is 18.7. The number of carbonyl (C=O) groups is 1. The zero-order chi connectivity index (χ0) is 13.2. The van der Waals surface area contributed by atoms with Crippen LogP contribution in [0.2, 0.25) is 0 Å². The average molecular weight is 237 g/mol. The summed E-state index contributed by atoms with van der Waals surface area (Å²) >= 11 is 0. The van der Waals surface area contributed by atoms with Crippen LogP contribution in [0.1, 0.15) is 29.8 Å². The number of aliphatic hydroxyl groups is 1. The van der Waals surface area contributed by atoms with Crippen LogP contribution in [0.3, 0.4) is 0 Å². The molecule has 4 heteroatoms. The highest BCUT2D eigenvalue weighted by molar-refractivity contribution is 5.89. The topological polar surface area (TPSA) is 60.8 Å². The van der Waals surface area contributed by atoms with Crippen LogP contribution in [0.4, 0.5) is 5.69 Å². The van der Waals surface area contributed by atoms with Crippen molar-refractivity contribution < 1.29 is 15.0 Å². The van der Waals surface area contributed by atoms with Gasteiger partial charge in [-0.05, 0) is 44.5 Å². The smallest absolute Gasteiger partial charge is 0.335 e. The molecule has 17 heavy (non-hydrogen) atoms. The largest absolute Gasteiger partial charge is 0.478 e. The van der Waals surface area contributed by atoms with Gasteiger partial charge >= 0.3 is 5.97 Å². The molecule has 94 valence electrons. The van der Waals surface area contributed by atoms with Gasteiger partial charge in [0.1, 0.15) is 0 Å². The van der Waals surface area contributed by atoms with Crippen LogP contribution in [0.15, 0.2) is 18.2 Å². The Morgan fingerprint density at radius 3 is 2.41 bits per heavy atom. The van der Waals surface area contributed by atoms with E-state index in [1.165, 1.54) is 0 Å². The van der Waals surface area contributed by atoms with Gasteiger partial charge in [0.15, 0.2) is 0 Å². The molecule has 0 atom stereocenters. The second-order valence-electron chi connectivity index (χ2n) is 4.97. The van der Waals surface area contributed by atoms with E-state index in [2.05, 4.69) is 0 Å². The third-order valence-electron chi connectivity index (χ3n) is 2.51. The summed E-state index contributed by atoms with van der Waals surface area (Å²) in [6, 6.07) is 5.16. The first-order valence-corrected chi connectivity index (χ1v) is 5.48.